The number of likely N-dealkylation sites (tertiary alicyclic amines) is 1. The predicted octanol–water partition coefficient (Wildman–Crippen LogP) is 3.18. The fourth-order valence-corrected chi connectivity index (χ4v) is 7.16. The fraction of sp³-hybridized carbons (Fsp3) is 0.654. The molecule has 3 atom stereocenters. The van der Waals surface area contributed by atoms with Crippen molar-refractivity contribution in [1.29, 1.82) is 0 Å². The summed E-state index contributed by atoms with van der Waals surface area (Å²) in [6, 6.07) is 3.43. The lowest BCUT2D eigenvalue weighted by atomic mass is 9.49. The maximum absolute atomic E-state index is 13.8. The number of aliphatic hydroxyl groups is 1. The summed E-state index contributed by atoms with van der Waals surface area (Å²) in [7, 11) is 0. The number of nitrogens with zero attached hydrogens (tertiary/aromatic N) is 1. The second kappa shape index (κ2) is 8.63. The van der Waals surface area contributed by atoms with E-state index in [2.05, 4.69) is 5.32 Å². The van der Waals surface area contributed by atoms with Crippen LogP contribution in [0.1, 0.15) is 57.4 Å². The summed E-state index contributed by atoms with van der Waals surface area (Å²) in [4.78, 5) is 40.8. The van der Waals surface area contributed by atoms with Crippen LogP contribution in [0.4, 0.5) is 10.1 Å². The van der Waals surface area contributed by atoms with Gasteiger partial charge in [0.25, 0.3) is 5.91 Å². The minimum atomic E-state index is -1.13. The van der Waals surface area contributed by atoms with Crippen LogP contribution in [0, 0.1) is 35.9 Å². The molecule has 1 aromatic carbocycles. The van der Waals surface area contributed by atoms with Crippen LogP contribution in [0.25, 0.3) is 0 Å². The molecule has 184 valence electrons. The summed E-state index contributed by atoms with van der Waals surface area (Å²) >= 11 is 0. The minimum absolute atomic E-state index is 0.0302. The highest BCUT2D eigenvalue weighted by Gasteiger charge is 2.57. The van der Waals surface area contributed by atoms with E-state index < -0.39 is 41.4 Å². The number of hydrogen-bond donors (Lipinski definition) is 2. The zero-order valence-corrected chi connectivity index (χ0v) is 19.8. The molecule has 4 aliphatic carbocycles. The standard InChI is InChI=1S/C26H33FN2O5/c1-14-3-4-19(8-21(14)27)28-23(31)15(2)34-24(32)22-9-20(30)13-29(22)25(33)26-10-16-5-17(11-26)7-18(6-16)12-26/h3-4,8,15-18,20,22,30H,5-7,9-13H2,1-2H3,(H,28,31). The number of hydrogen-bond acceptors (Lipinski definition) is 5. The first-order chi connectivity index (χ1) is 16.1. The van der Waals surface area contributed by atoms with E-state index in [1.54, 1.807) is 19.1 Å². The Kier molecular flexibility index (Phi) is 5.91. The summed E-state index contributed by atoms with van der Waals surface area (Å²) in [5.41, 5.74) is 0.308. The van der Waals surface area contributed by atoms with Crippen LogP contribution < -0.4 is 5.32 Å². The minimum Gasteiger partial charge on any atom is -0.451 e. The zero-order chi connectivity index (χ0) is 24.2. The van der Waals surface area contributed by atoms with Crippen molar-refractivity contribution in [3.63, 3.8) is 0 Å². The lowest BCUT2D eigenvalue weighted by Crippen LogP contribution is -2.56. The van der Waals surface area contributed by atoms with Crippen LogP contribution in [0.2, 0.25) is 0 Å². The third kappa shape index (κ3) is 4.21. The highest BCUT2D eigenvalue weighted by atomic mass is 19.1. The molecule has 0 aromatic heterocycles. The monoisotopic (exact) mass is 472 g/mol. The third-order valence-corrected chi connectivity index (χ3v) is 8.41. The lowest BCUT2D eigenvalue weighted by molar-refractivity contribution is -0.168. The largest absolute Gasteiger partial charge is 0.451 e. The van der Waals surface area contributed by atoms with Gasteiger partial charge in [-0.25, -0.2) is 9.18 Å². The number of esters is 1. The summed E-state index contributed by atoms with van der Waals surface area (Å²) in [6.45, 7) is 3.18. The first kappa shape index (κ1) is 23.3. The Hall–Kier alpha value is -2.48. The number of carbonyl (C=O) groups is 3. The summed E-state index contributed by atoms with van der Waals surface area (Å²) in [5, 5.41) is 12.9. The molecule has 5 aliphatic rings. The van der Waals surface area contributed by atoms with Crippen molar-refractivity contribution in [2.24, 2.45) is 23.2 Å². The molecule has 7 nitrogen and oxygen atoms in total. The van der Waals surface area contributed by atoms with Gasteiger partial charge in [0.1, 0.15) is 11.9 Å². The maximum atomic E-state index is 13.8. The maximum Gasteiger partial charge on any atom is 0.329 e. The van der Waals surface area contributed by atoms with Gasteiger partial charge in [-0.1, -0.05) is 6.07 Å². The number of β-amino-alcohol motifs (C(OH)–C–C–N with tert-alkyl or cyclic N) is 1. The van der Waals surface area contributed by atoms with Gasteiger partial charge in [0.2, 0.25) is 5.91 Å². The van der Waals surface area contributed by atoms with Crippen LogP contribution in [0.15, 0.2) is 18.2 Å². The first-order valence-corrected chi connectivity index (χ1v) is 12.4. The zero-order valence-electron chi connectivity index (χ0n) is 19.8. The van der Waals surface area contributed by atoms with Crippen molar-refractivity contribution in [2.45, 2.75) is 77.0 Å². The molecule has 4 saturated carbocycles. The number of ether oxygens (including phenoxy) is 1. The van der Waals surface area contributed by atoms with Crippen LogP contribution in [-0.2, 0) is 19.1 Å². The number of amides is 2. The molecule has 1 saturated heterocycles. The van der Waals surface area contributed by atoms with Gasteiger partial charge in [-0.2, -0.15) is 0 Å². The Labute approximate surface area is 199 Å². The third-order valence-electron chi connectivity index (χ3n) is 8.41. The number of benzene rings is 1. The average Bonchev–Trinajstić information content (AvgIpc) is 3.16. The van der Waals surface area contributed by atoms with Crippen molar-refractivity contribution in [1.82, 2.24) is 4.90 Å². The summed E-state index contributed by atoms with van der Waals surface area (Å²) < 4.78 is 19.2. The van der Waals surface area contributed by atoms with Crippen LogP contribution in [-0.4, -0.2) is 52.6 Å². The quantitative estimate of drug-likeness (QED) is 0.642. The molecule has 1 heterocycles. The lowest BCUT2D eigenvalue weighted by Gasteiger charge is -2.56. The molecule has 34 heavy (non-hydrogen) atoms. The number of aryl methyl sites for hydroxylation is 1. The van der Waals surface area contributed by atoms with Gasteiger partial charge in [-0.15, -0.1) is 0 Å². The Balaban J connectivity index is 1.25. The highest BCUT2D eigenvalue weighted by Crippen LogP contribution is 2.60. The molecule has 5 fully saturated rings. The number of nitrogens with one attached hydrogen (secondary N) is 1. The molecule has 6 rings (SSSR count). The number of carbonyl (C=O) groups excluding carboxylic acids is 3. The van der Waals surface area contributed by atoms with Crippen LogP contribution in [0.3, 0.4) is 0 Å². The van der Waals surface area contributed by atoms with E-state index in [1.807, 2.05) is 0 Å². The van der Waals surface area contributed by atoms with Crippen molar-refractivity contribution in [3.8, 4) is 0 Å². The Morgan fingerprint density at radius 1 is 1.12 bits per heavy atom. The molecule has 2 amide bonds. The van der Waals surface area contributed by atoms with E-state index in [-0.39, 0.29) is 24.6 Å². The number of halogens is 1. The average molecular weight is 473 g/mol. The van der Waals surface area contributed by atoms with E-state index in [9.17, 15) is 23.9 Å². The van der Waals surface area contributed by atoms with Gasteiger partial charge < -0.3 is 20.1 Å². The van der Waals surface area contributed by atoms with E-state index >= 15 is 0 Å². The van der Waals surface area contributed by atoms with E-state index in [1.165, 1.54) is 37.2 Å². The van der Waals surface area contributed by atoms with Gasteiger partial charge in [-0.05, 0) is 87.8 Å². The van der Waals surface area contributed by atoms with Gasteiger partial charge >= 0.3 is 5.97 Å². The molecule has 8 heteroatoms. The summed E-state index contributed by atoms with van der Waals surface area (Å²) in [5.74, 6) is 0.00963. The SMILES string of the molecule is Cc1ccc(NC(=O)C(C)OC(=O)C2CC(O)CN2C(=O)C23CC4CC(CC(C4)C2)C3)cc1F. The van der Waals surface area contributed by atoms with E-state index in [0.717, 1.165) is 19.3 Å². The fourth-order valence-electron chi connectivity index (χ4n) is 7.16. The first-order valence-electron chi connectivity index (χ1n) is 12.4. The van der Waals surface area contributed by atoms with Crippen molar-refractivity contribution in [2.75, 3.05) is 11.9 Å². The second-order valence-corrected chi connectivity index (χ2v) is 11.1. The van der Waals surface area contributed by atoms with Gasteiger partial charge in [0.15, 0.2) is 6.10 Å². The van der Waals surface area contributed by atoms with Crippen molar-refractivity contribution >= 4 is 23.5 Å². The highest BCUT2D eigenvalue weighted by molar-refractivity contribution is 5.96. The molecule has 2 N–H and O–H groups in total. The predicted molar refractivity (Wildman–Crippen MR) is 122 cm³/mol. The summed E-state index contributed by atoms with van der Waals surface area (Å²) in [6.07, 6.45) is 4.41. The molecule has 0 radical (unpaired) electrons. The molecule has 4 bridgehead atoms. The number of anilines is 1. The Morgan fingerprint density at radius 3 is 2.32 bits per heavy atom. The van der Waals surface area contributed by atoms with Crippen molar-refractivity contribution in [3.05, 3.63) is 29.6 Å². The molecular weight excluding hydrogens is 439 g/mol. The topological polar surface area (TPSA) is 95.9 Å². The molecule has 0 spiro atoms. The molecule has 1 aromatic rings. The normalized spacial score (nSPS) is 34.7. The second-order valence-electron chi connectivity index (χ2n) is 11.1. The van der Waals surface area contributed by atoms with Crippen LogP contribution >= 0.6 is 0 Å². The Bertz CT molecular complexity index is 976. The van der Waals surface area contributed by atoms with Gasteiger partial charge in [-0.3, -0.25) is 9.59 Å². The number of rotatable bonds is 5. The number of aliphatic hydroxyl groups excluding tert-OH is 1. The van der Waals surface area contributed by atoms with Crippen LogP contribution in [0.5, 0.6) is 0 Å². The van der Waals surface area contributed by atoms with Gasteiger partial charge in [0.05, 0.1) is 11.5 Å². The smallest absolute Gasteiger partial charge is 0.329 e. The van der Waals surface area contributed by atoms with Gasteiger partial charge in [0, 0.05) is 18.7 Å². The Morgan fingerprint density at radius 2 is 1.74 bits per heavy atom. The molecule has 1 aliphatic heterocycles. The van der Waals surface area contributed by atoms with E-state index in [4.69, 9.17) is 4.74 Å². The molecule has 3 unspecified atom stereocenters. The van der Waals surface area contributed by atoms with Crippen molar-refractivity contribution < 1.29 is 28.6 Å². The molecular formula is C26H33FN2O5. The van der Waals surface area contributed by atoms with E-state index in [0.29, 0.717) is 23.3 Å².